The van der Waals surface area contributed by atoms with Crippen LogP contribution in [0.3, 0.4) is 0 Å². The Kier molecular flexibility index (Phi) is 4.74. The second-order valence-electron chi connectivity index (χ2n) is 5.39. The molecule has 0 fully saturated rings. The second-order valence-corrected chi connectivity index (χ2v) is 5.39. The minimum Gasteiger partial charge on any atom is -0.496 e. The van der Waals surface area contributed by atoms with Crippen LogP contribution in [0.25, 0.3) is 11.1 Å². The summed E-state index contributed by atoms with van der Waals surface area (Å²) in [4.78, 5) is 26.3. The summed E-state index contributed by atoms with van der Waals surface area (Å²) in [5.74, 6) is 0.152. The van der Waals surface area contributed by atoms with Gasteiger partial charge in [0.05, 0.1) is 19.7 Å². The fourth-order valence-corrected chi connectivity index (χ4v) is 2.64. The summed E-state index contributed by atoms with van der Waals surface area (Å²) in [6, 6.07) is 10.6. The van der Waals surface area contributed by atoms with Gasteiger partial charge in [0, 0.05) is 6.54 Å². The minimum absolute atomic E-state index is 0.271. The summed E-state index contributed by atoms with van der Waals surface area (Å²) >= 11 is 0. The normalized spacial score (nSPS) is 10.6. The van der Waals surface area contributed by atoms with Crippen LogP contribution in [-0.4, -0.2) is 31.7 Å². The van der Waals surface area contributed by atoms with Crippen LogP contribution in [0.2, 0.25) is 0 Å². The van der Waals surface area contributed by atoms with E-state index in [1.165, 1.54) is 14.2 Å². The van der Waals surface area contributed by atoms with Crippen LogP contribution in [0.5, 0.6) is 11.5 Å². The molecule has 0 saturated carbocycles. The number of benzene rings is 2. The standard InChI is InChI=1S/C18H18N2O5/c1-23-14-4-3-5-15(24-2)16(14)17(21)19-9-8-11-6-7-13-12(10-11)20-18(22)25-13/h3-7,10H,8-9H2,1-2H3,(H,19,21)(H,20,22). The third-order valence-corrected chi connectivity index (χ3v) is 3.84. The Bertz CT molecular complexity index is 935. The molecule has 0 spiro atoms. The van der Waals surface area contributed by atoms with Crippen molar-refractivity contribution in [2.24, 2.45) is 0 Å². The highest BCUT2D eigenvalue weighted by Crippen LogP contribution is 2.27. The monoisotopic (exact) mass is 342 g/mol. The fourth-order valence-electron chi connectivity index (χ4n) is 2.64. The zero-order chi connectivity index (χ0) is 17.8. The minimum atomic E-state index is -0.483. The summed E-state index contributed by atoms with van der Waals surface area (Å²) in [5.41, 5.74) is 2.48. The zero-order valence-electron chi connectivity index (χ0n) is 13.9. The van der Waals surface area contributed by atoms with Crippen molar-refractivity contribution in [3.63, 3.8) is 0 Å². The van der Waals surface area contributed by atoms with Crippen LogP contribution < -0.4 is 20.5 Å². The molecule has 0 atom stereocenters. The molecule has 0 aliphatic heterocycles. The highest BCUT2D eigenvalue weighted by Gasteiger charge is 2.17. The first-order chi connectivity index (χ1) is 12.1. The Hall–Kier alpha value is -3.22. The van der Waals surface area contributed by atoms with E-state index in [9.17, 15) is 9.59 Å². The predicted octanol–water partition coefficient (Wildman–Crippen LogP) is 2.11. The lowest BCUT2D eigenvalue weighted by Crippen LogP contribution is -2.26. The van der Waals surface area contributed by atoms with Crippen molar-refractivity contribution >= 4 is 17.0 Å². The number of aromatic amines is 1. The van der Waals surface area contributed by atoms with Crippen LogP contribution in [-0.2, 0) is 6.42 Å². The number of methoxy groups -OCH3 is 2. The van der Waals surface area contributed by atoms with Gasteiger partial charge in [-0.3, -0.25) is 9.78 Å². The molecule has 1 heterocycles. The lowest BCUT2D eigenvalue weighted by atomic mass is 10.1. The van der Waals surface area contributed by atoms with E-state index in [1.807, 2.05) is 12.1 Å². The molecule has 3 aromatic rings. The number of rotatable bonds is 6. The van der Waals surface area contributed by atoms with E-state index in [4.69, 9.17) is 13.9 Å². The number of carbonyl (C=O) groups excluding carboxylic acids is 1. The van der Waals surface area contributed by atoms with Gasteiger partial charge < -0.3 is 19.2 Å². The van der Waals surface area contributed by atoms with Crippen LogP contribution in [0, 0.1) is 0 Å². The van der Waals surface area contributed by atoms with Gasteiger partial charge in [-0.2, -0.15) is 0 Å². The van der Waals surface area contributed by atoms with Crippen molar-refractivity contribution in [1.82, 2.24) is 10.3 Å². The smallest absolute Gasteiger partial charge is 0.417 e. The number of H-pyrrole nitrogens is 1. The van der Waals surface area contributed by atoms with E-state index in [0.29, 0.717) is 41.1 Å². The van der Waals surface area contributed by atoms with E-state index >= 15 is 0 Å². The van der Waals surface area contributed by atoms with E-state index in [0.717, 1.165) is 5.56 Å². The molecule has 130 valence electrons. The quantitative estimate of drug-likeness (QED) is 0.716. The largest absolute Gasteiger partial charge is 0.496 e. The summed E-state index contributed by atoms with van der Waals surface area (Å²) < 4.78 is 15.4. The van der Waals surface area contributed by atoms with Crippen molar-refractivity contribution in [3.8, 4) is 11.5 Å². The predicted molar refractivity (Wildman–Crippen MR) is 92.4 cm³/mol. The van der Waals surface area contributed by atoms with Crippen LogP contribution in [0.1, 0.15) is 15.9 Å². The lowest BCUT2D eigenvalue weighted by molar-refractivity contribution is 0.0948. The molecule has 0 bridgehead atoms. The summed E-state index contributed by atoms with van der Waals surface area (Å²) in [6.45, 7) is 0.424. The molecule has 3 rings (SSSR count). The Labute approximate surface area is 143 Å². The molecule has 2 N–H and O–H groups in total. The van der Waals surface area contributed by atoms with Crippen LogP contribution in [0.4, 0.5) is 0 Å². The maximum absolute atomic E-state index is 12.5. The average Bonchev–Trinajstić information content (AvgIpc) is 3.00. The number of nitrogens with one attached hydrogen (secondary N) is 2. The van der Waals surface area contributed by atoms with Gasteiger partial charge in [-0.05, 0) is 36.2 Å². The van der Waals surface area contributed by atoms with Gasteiger partial charge >= 0.3 is 5.76 Å². The Morgan fingerprint density at radius 2 is 1.88 bits per heavy atom. The molecule has 0 saturated heterocycles. The number of hydrogen-bond donors (Lipinski definition) is 2. The highest BCUT2D eigenvalue weighted by molar-refractivity contribution is 5.99. The number of hydrogen-bond acceptors (Lipinski definition) is 5. The molecular weight excluding hydrogens is 324 g/mol. The zero-order valence-corrected chi connectivity index (χ0v) is 13.9. The lowest BCUT2D eigenvalue weighted by Gasteiger charge is -2.13. The molecule has 0 aliphatic carbocycles. The van der Waals surface area contributed by atoms with Crippen molar-refractivity contribution in [1.29, 1.82) is 0 Å². The van der Waals surface area contributed by atoms with Gasteiger partial charge in [0.15, 0.2) is 5.58 Å². The molecule has 7 heteroatoms. The number of carbonyl (C=O) groups is 1. The number of fused-ring (bicyclic) bond motifs is 1. The molecule has 0 unspecified atom stereocenters. The number of amides is 1. The highest BCUT2D eigenvalue weighted by atomic mass is 16.5. The van der Waals surface area contributed by atoms with Crippen LogP contribution in [0.15, 0.2) is 45.6 Å². The van der Waals surface area contributed by atoms with Gasteiger partial charge in [-0.1, -0.05) is 12.1 Å². The molecule has 0 aliphatic rings. The van der Waals surface area contributed by atoms with Gasteiger partial charge in [0.2, 0.25) is 0 Å². The van der Waals surface area contributed by atoms with E-state index in [1.54, 1.807) is 24.3 Å². The fraction of sp³-hybridized carbons (Fsp3) is 0.222. The van der Waals surface area contributed by atoms with Crippen molar-refractivity contribution in [2.45, 2.75) is 6.42 Å². The molecular formula is C18H18N2O5. The third kappa shape index (κ3) is 3.50. The molecule has 7 nitrogen and oxygen atoms in total. The van der Waals surface area contributed by atoms with Crippen molar-refractivity contribution < 1.29 is 18.7 Å². The molecule has 25 heavy (non-hydrogen) atoms. The summed E-state index contributed by atoms with van der Waals surface area (Å²) in [7, 11) is 3.01. The number of oxazole rings is 1. The number of ether oxygens (including phenoxy) is 2. The third-order valence-electron chi connectivity index (χ3n) is 3.84. The maximum atomic E-state index is 12.5. The van der Waals surface area contributed by atoms with Crippen molar-refractivity contribution in [3.05, 3.63) is 58.1 Å². The van der Waals surface area contributed by atoms with E-state index in [2.05, 4.69) is 10.3 Å². The molecule has 2 aromatic carbocycles. The van der Waals surface area contributed by atoms with Crippen molar-refractivity contribution in [2.75, 3.05) is 20.8 Å². The first-order valence-electron chi connectivity index (χ1n) is 7.73. The Morgan fingerprint density at radius 3 is 2.56 bits per heavy atom. The van der Waals surface area contributed by atoms with Gasteiger partial charge in [0.25, 0.3) is 5.91 Å². The van der Waals surface area contributed by atoms with Crippen LogP contribution >= 0.6 is 0 Å². The Balaban J connectivity index is 1.69. The second kappa shape index (κ2) is 7.12. The average molecular weight is 342 g/mol. The molecule has 1 aromatic heterocycles. The van der Waals surface area contributed by atoms with E-state index in [-0.39, 0.29) is 5.91 Å². The topological polar surface area (TPSA) is 93.6 Å². The molecule has 0 radical (unpaired) electrons. The first-order valence-corrected chi connectivity index (χ1v) is 7.73. The van der Waals surface area contributed by atoms with Gasteiger partial charge in [-0.25, -0.2) is 4.79 Å². The first kappa shape index (κ1) is 16.6. The van der Waals surface area contributed by atoms with Gasteiger partial charge in [-0.15, -0.1) is 0 Å². The molecule has 1 amide bonds. The Morgan fingerprint density at radius 1 is 1.16 bits per heavy atom. The number of aromatic nitrogens is 1. The summed E-state index contributed by atoms with van der Waals surface area (Å²) in [5, 5.41) is 2.86. The SMILES string of the molecule is COc1cccc(OC)c1C(=O)NCCc1ccc2oc(=O)[nH]c2c1. The maximum Gasteiger partial charge on any atom is 0.417 e. The summed E-state index contributed by atoms with van der Waals surface area (Å²) in [6.07, 6.45) is 0.604. The van der Waals surface area contributed by atoms with E-state index < -0.39 is 5.76 Å². The van der Waals surface area contributed by atoms with Gasteiger partial charge in [0.1, 0.15) is 17.1 Å².